The lowest BCUT2D eigenvalue weighted by Gasteiger charge is -2.05. The van der Waals surface area contributed by atoms with Crippen molar-refractivity contribution in [1.29, 1.82) is 0 Å². The van der Waals surface area contributed by atoms with Crippen LogP contribution in [-0.2, 0) is 17.6 Å². The number of hydrogen-bond acceptors (Lipinski definition) is 2. The molecule has 0 bridgehead atoms. The van der Waals surface area contributed by atoms with Crippen molar-refractivity contribution in [3.05, 3.63) is 64.2 Å². The Bertz CT molecular complexity index is 709. The first-order valence-corrected chi connectivity index (χ1v) is 6.70. The van der Waals surface area contributed by atoms with Gasteiger partial charge in [0, 0.05) is 22.7 Å². The molecule has 0 spiro atoms. The number of carbonyl (C=O) groups is 2. The van der Waals surface area contributed by atoms with Crippen molar-refractivity contribution in [2.75, 3.05) is 5.32 Å². The number of anilines is 1. The van der Waals surface area contributed by atoms with E-state index < -0.39 is 0 Å². The molecule has 0 aliphatic carbocycles. The van der Waals surface area contributed by atoms with Gasteiger partial charge in [-0.25, -0.2) is 0 Å². The van der Waals surface area contributed by atoms with Crippen molar-refractivity contribution in [3.63, 3.8) is 0 Å². The Balaban J connectivity index is 1.84. The van der Waals surface area contributed by atoms with Gasteiger partial charge < -0.3 is 5.32 Å². The van der Waals surface area contributed by atoms with Crippen LogP contribution in [0.4, 0.5) is 5.69 Å². The van der Waals surface area contributed by atoms with E-state index in [1.165, 1.54) is 0 Å². The molecule has 0 saturated carbocycles. The molecule has 1 N–H and O–H groups in total. The average molecular weight is 286 g/mol. The summed E-state index contributed by atoms with van der Waals surface area (Å²) >= 11 is 6.06. The highest BCUT2D eigenvalue weighted by atomic mass is 35.5. The number of benzene rings is 2. The third-order valence-corrected chi connectivity index (χ3v) is 3.73. The first-order chi connectivity index (χ1) is 9.63. The molecule has 3 nitrogen and oxygen atoms in total. The van der Waals surface area contributed by atoms with E-state index in [0.29, 0.717) is 17.0 Å². The van der Waals surface area contributed by atoms with Crippen LogP contribution in [0.2, 0.25) is 5.02 Å². The predicted molar refractivity (Wildman–Crippen MR) is 78.3 cm³/mol. The number of fused-ring (bicyclic) bond motifs is 1. The molecule has 100 valence electrons. The lowest BCUT2D eigenvalue weighted by Crippen LogP contribution is -2.04. The Labute approximate surface area is 121 Å². The molecule has 0 fully saturated rings. The second-order valence-corrected chi connectivity index (χ2v) is 5.20. The Hall–Kier alpha value is -2.13. The fourth-order valence-corrected chi connectivity index (χ4v) is 2.52. The van der Waals surface area contributed by atoms with E-state index in [-0.39, 0.29) is 18.1 Å². The lowest BCUT2D eigenvalue weighted by atomic mass is 10.0. The van der Waals surface area contributed by atoms with Gasteiger partial charge in [0.2, 0.25) is 5.91 Å². The number of rotatable bonds is 3. The molecule has 0 saturated heterocycles. The molecule has 3 rings (SSSR count). The molecule has 1 aliphatic rings. The molecule has 0 atom stereocenters. The lowest BCUT2D eigenvalue weighted by molar-refractivity contribution is -0.115. The zero-order valence-corrected chi connectivity index (χ0v) is 11.4. The Morgan fingerprint density at radius 2 is 2.00 bits per heavy atom. The SMILES string of the molecule is O=C1Cc2cc(C(=O)Cc3ccccc3Cl)ccc2N1. The van der Waals surface area contributed by atoms with Crippen molar-refractivity contribution >= 4 is 29.0 Å². The molecule has 2 aromatic carbocycles. The maximum absolute atomic E-state index is 12.3. The van der Waals surface area contributed by atoms with E-state index in [0.717, 1.165) is 16.8 Å². The van der Waals surface area contributed by atoms with Gasteiger partial charge in [0.05, 0.1) is 6.42 Å². The highest BCUT2D eigenvalue weighted by molar-refractivity contribution is 6.31. The van der Waals surface area contributed by atoms with E-state index in [2.05, 4.69) is 5.32 Å². The largest absolute Gasteiger partial charge is 0.326 e. The van der Waals surface area contributed by atoms with Crippen LogP contribution in [-0.4, -0.2) is 11.7 Å². The molecule has 4 heteroatoms. The number of halogens is 1. The summed E-state index contributed by atoms with van der Waals surface area (Å²) in [5.41, 5.74) is 3.10. The fourth-order valence-electron chi connectivity index (χ4n) is 2.32. The molecule has 1 aliphatic heterocycles. The van der Waals surface area contributed by atoms with Crippen LogP contribution in [0.1, 0.15) is 21.5 Å². The first-order valence-electron chi connectivity index (χ1n) is 6.33. The maximum Gasteiger partial charge on any atom is 0.228 e. The Kier molecular flexibility index (Phi) is 3.28. The van der Waals surface area contributed by atoms with Crippen molar-refractivity contribution in [3.8, 4) is 0 Å². The van der Waals surface area contributed by atoms with Gasteiger partial charge in [-0.05, 0) is 35.4 Å². The predicted octanol–water partition coefficient (Wildman–Crippen LogP) is 3.26. The monoisotopic (exact) mass is 285 g/mol. The van der Waals surface area contributed by atoms with E-state index in [4.69, 9.17) is 11.6 Å². The molecule has 0 unspecified atom stereocenters. The van der Waals surface area contributed by atoms with Gasteiger partial charge in [-0.1, -0.05) is 29.8 Å². The van der Waals surface area contributed by atoms with Gasteiger partial charge in [0.25, 0.3) is 0 Å². The number of ketones is 1. The van der Waals surface area contributed by atoms with Crippen LogP contribution < -0.4 is 5.32 Å². The standard InChI is InChI=1S/C16H12ClNO2/c17-13-4-2-1-3-10(13)8-15(19)11-5-6-14-12(7-11)9-16(20)18-14/h1-7H,8-9H2,(H,18,20). The van der Waals surface area contributed by atoms with Crippen molar-refractivity contribution in [1.82, 2.24) is 0 Å². The van der Waals surface area contributed by atoms with Crippen LogP contribution >= 0.6 is 11.6 Å². The summed E-state index contributed by atoms with van der Waals surface area (Å²) in [6.07, 6.45) is 0.600. The van der Waals surface area contributed by atoms with Crippen LogP contribution in [0.3, 0.4) is 0 Å². The topological polar surface area (TPSA) is 46.2 Å². The molecule has 2 aromatic rings. The molecule has 0 aromatic heterocycles. The van der Waals surface area contributed by atoms with Crippen molar-refractivity contribution < 1.29 is 9.59 Å². The maximum atomic E-state index is 12.3. The number of hydrogen-bond donors (Lipinski definition) is 1. The summed E-state index contributed by atoms with van der Waals surface area (Å²) in [5.74, 6) is -0.0315. The Morgan fingerprint density at radius 3 is 2.80 bits per heavy atom. The van der Waals surface area contributed by atoms with Crippen LogP contribution in [0.15, 0.2) is 42.5 Å². The van der Waals surface area contributed by atoms with Crippen molar-refractivity contribution in [2.24, 2.45) is 0 Å². The molecule has 0 radical (unpaired) electrons. The zero-order valence-electron chi connectivity index (χ0n) is 10.7. The molecule has 1 heterocycles. The van der Waals surface area contributed by atoms with Crippen LogP contribution in [0, 0.1) is 0 Å². The first kappa shape index (κ1) is 12.9. The summed E-state index contributed by atoms with van der Waals surface area (Å²) < 4.78 is 0. The average Bonchev–Trinajstić information content (AvgIpc) is 2.80. The summed E-state index contributed by atoms with van der Waals surface area (Å²) in [6, 6.07) is 12.6. The van der Waals surface area contributed by atoms with E-state index in [9.17, 15) is 9.59 Å². The second kappa shape index (κ2) is 5.10. The molecule has 20 heavy (non-hydrogen) atoms. The van der Waals surface area contributed by atoms with Gasteiger partial charge in [-0.2, -0.15) is 0 Å². The summed E-state index contributed by atoms with van der Waals surface area (Å²) in [7, 11) is 0. The zero-order chi connectivity index (χ0) is 14.1. The highest BCUT2D eigenvalue weighted by Gasteiger charge is 2.19. The second-order valence-electron chi connectivity index (χ2n) is 4.79. The van der Waals surface area contributed by atoms with Gasteiger partial charge in [-0.3, -0.25) is 9.59 Å². The summed E-state index contributed by atoms with van der Waals surface area (Å²) in [4.78, 5) is 23.6. The minimum atomic E-state index is -0.0318. The molecule has 1 amide bonds. The quantitative estimate of drug-likeness (QED) is 0.880. The summed E-state index contributed by atoms with van der Waals surface area (Å²) in [5, 5.41) is 3.35. The van der Waals surface area contributed by atoms with Gasteiger partial charge >= 0.3 is 0 Å². The number of Topliss-reactive ketones (excluding diaryl/α,β-unsaturated/α-hetero) is 1. The number of carbonyl (C=O) groups excluding carboxylic acids is 2. The minimum absolute atomic E-state index is 0.000231. The third-order valence-electron chi connectivity index (χ3n) is 3.36. The van der Waals surface area contributed by atoms with Crippen molar-refractivity contribution in [2.45, 2.75) is 12.8 Å². The van der Waals surface area contributed by atoms with E-state index in [1.54, 1.807) is 24.3 Å². The Morgan fingerprint density at radius 1 is 1.20 bits per heavy atom. The normalized spacial score (nSPS) is 12.9. The smallest absolute Gasteiger partial charge is 0.228 e. The highest BCUT2D eigenvalue weighted by Crippen LogP contribution is 2.25. The fraction of sp³-hybridized carbons (Fsp3) is 0.125. The summed E-state index contributed by atoms with van der Waals surface area (Å²) in [6.45, 7) is 0. The van der Waals surface area contributed by atoms with Gasteiger partial charge in [0.1, 0.15) is 0 Å². The number of amides is 1. The molecular formula is C16H12ClNO2. The third kappa shape index (κ3) is 2.45. The molecular weight excluding hydrogens is 274 g/mol. The number of nitrogens with one attached hydrogen (secondary N) is 1. The van der Waals surface area contributed by atoms with E-state index >= 15 is 0 Å². The van der Waals surface area contributed by atoms with Gasteiger partial charge in [-0.15, -0.1) is 0 Å². The minimum Gasteiger partial charge on any atom is -0.326 e. The van der Waals surface area contributed by atoms with Crippen LogP contribution in [0.5, 0.6) is 0 Å². The van der Waals surface area contributed by atoms with E-state index in [1.807, 2.05) is 18.2 Å². The van der Waals surface area contributed by atoms with Gasteiger partial charge in [0.15, 0.2) is 5.78 Å². The van der Waals surface area contributed by atoms with Crippen LogP contribution in [0.25, 0.3) is 0 Å².